The van der Waals surface area contributed by atoms with E-state index in [0.29, 0.717) is 36.6 Å². The summed E-state index contributed by atoms with van der Waals surface area (Å²) in [4.78, 5) is 23.1. The lowest BCUT2D eigenvalue weighted by Gasteiger charge is -2.26. The maximum absolute atomic E-state index is 12.2. The average molecular weight is 291 g/mol. The molecule has 1 amide bonds. The predicted molar refractivity (Wildman–Crippen MR) is 78.4 cm³/mol. The summed E-state index contributed by atoms with van der Waals surface area (Å²) in [6.07, 6.45) is 3.10. The molecule has 0 heterocycles. The summed E-state index contributed by atoms with van der Waals surface area (Å²) < 4.78 is 5.17. The van der Waals surface area contributed by atoms with Crippen molar-refractivity contribution in [1.29, 1.82) is 0 Å². The van der Waals surface area contributed by atoms with Crippen LogP contribution in [0.2, 0.25) is 0 Å². The number of carboxylic acid groups (broad SMARTS) is 1. The molecular weight excluding hydrogens is 270 g/mol. The molecule has 2 N–H and O–H groups in total. The molecule has 0 saturated heterocycles. The summed E-state index contributed by atoms with van der Waals surface area (Å²) in [5.41, 5.74) is 0.527. The van der Waals surface area contributed by atoms with Gasteiger partial charge in [0.2, 0.25) is 0 Å². The molecule has 0 bridgehead atoms. The van der Waals surface area contributed by atoms with E-state index in [2.05, 4.69) is 5.32 Å². The van der Waals surface area contributed by atoms with Gasteiger partial charge in [-0.3, -0.25) is 9.59 Å². The maximum Gasteiger partial charge on any atom is 0.306 e. The van der Waals surface area contributed by atoms with Crippen LogP contribution in [-0.4, -0.2) is 30.6 Å². The predicted octanol–water partition coefficient (Wildman–Crippen LogP) is 2.32. The monoisotopic (exact) mass is 291 g/mol. The molecular formula is C16H21NO4. The Bertz CT molecular complexity index is 507. The third kappa shape index (κ3) is 3.97. The fourth-order valence-corrected chi connectivity index (χ4v) is 2.78. The standard InChI is InChI=1S/C16H21NO4/c1-21-14-5-3-2-4-13(14)15(18)17-10-11-6-8-12(9-7-11)16(19)20/h2-5,11-12H,6-10H2,1H3,(H,17,18)(H,19,20). The van der Waals surface area contributed by atoms with Gasteiger partial charge >= 0.3 is 5.97 Å². The van der Waals surface area contributed by atoms with Crippen LogP contribution in [0.4, 0.5) is 0 Å². The first-order valence-corrected chi connectivity index (χ1v) is 7.26. The third-order valence-corrected chi connectivity index (χ3v) is 4.10. The van der Waals surface area contributed by atoms with Gasteiger partial charge in [-0.15, -0.1) is 0 Å². The highest BCUT2D eigenvalue weighted by molar-refractivity contribution is 5.96. The van der Waals surface area contributed by atoms with Gasteiger partial charge in [-0.25, -0.2) is 0 Å². The quantitative estimate of drug-likeness (QED) is 0.873. The number of rotatable bonds is 5. The smallest absolute Gasteiger partial charge is 0.306 e. The van der Waals surface area contributed by atoms with E-state index in [9.17, 15) is 9.59 Å². The minimum atomic E-state index is -0.702. The summed E-state index contributed by atoms with van der Waals surface area (Å²) in [6, 6.07) is 7.11. The molecule has 5 nitrogen and oxygen atoms in total. The van der Waals surface area contributed by atoms with Crippen LogP contribution in [0.25, 0.3) is 0 Å². The number of para-hydroxylation sites is 1. The number of nitrogens with one attached hydrogen (secondary N) is 1. The van der Waals surface area contributed by atoms with Crippen molar-refractivity contribution in [3.63, 3.8) is 0 Å². The number of carbonyl (C=O) groups is 2. The second kappa shape index (κ2) is 7.11. The van der Waals surface area contributed by atoms with E-state index in [0.717, 1.165) is 12.8 Å². The van der Waals surface area contributed by atoms with Crippen LogP contribution in [0.3, 0.4) is 0 Å². The van der Waals surface area contributed by atoms with Gasteiger partial charge in [-0.05, 0) is 43.7 Å². The highest BCUT2D eigenvalue weighted by atomic mass is 16.5. The molecule has 1 saturated carbocycles. The van der Waals surface area contributed by atoms with Gasteiger partial charge in [0, 0.05) is 6.54 Å². The summed E-state index contributed by atoms with van der Waals surface area (Å²) in [5.74, 6) is -0.144. The van der Waals surface area contributed by atoms with Gasteiger partial charge in [0.1, 0.15) is 5.75 Å². The van der Waals surface area contributed by atoms with Crippen LogP contribution in [-0.2, 0) is 4.79 Å². The SMILES string of the molecule is COc1ccccc1C(=O)NCC1CCC(C(=O)O)CC1. The van der Waals surface area contributed by atoms with Gasteiger partial charge in [-0.1, -0.05) is 12.1 Å². The fraction of sp³-hybridized carbons (Fsp3) is 0.500. The molecule has 5 heteroatoms. The number of aliphatic carboxylic acids is 1. The Morgan fingerprint density at radius 2 is 1.90 bits per heavy atom. The van der Waals surface area contributed by atoms with Gasteiger partial charge < -0.3 is 15.2 Å². The molecule has 114 valence electrons. The molecule has 0 atom stereocenters. The lowest BCUT2D eigenvalue weighted by molar-refractivity contribution is -0.143. The second-order valence-corrected chi connectivity index (χ2v) is 5.47. The molecule has 0 radical (unpaired) electrons. The third-order valence-electron chi connectivity index (χ3n) is 4.10. The van der Waals surface area contributed by atoms with Crippen LogP contribution < -0.4 is 10.1 Å². The highest BCUT2D eigenvalue weighted by Gasteiger charge is 2.26. The van der Waals surface area contributed by atoms with Crippen LogP contribution in [0.5, 0.6) is 5.75 Å². The van der Waals surface area contributed by atoms with E-state index in [-0.39, 0.29) is 11.8 Å². The number of hydrogen-bond donors (Lipinski definition) is 2. The van der Waals surface area contributed by atoms with Crippen molar-refractivity contribution < 1.29 is 19.4 Å². The fourth-order valence-electron chi connectivity index (χ4n) is 2.78. The Kier molecular flexibility index (Phi) is 5.20. The molecule has 2 rings (SSSR count). The zero-order valence-electron chi connectivity index (χ0n) is 12.2. The molecule has 1 aliphatic carbocycles. The first-order chi connectivity index (χ1) is 10.1. The van der Waals surface area contributed by atoms with E-state index < -0.39 is 5.97 Å². The minimum absolute atomic E-state index is 0.146. The zero-order valence-corrected chi connectivity index (χ0v) is 12.2. The lowest BCUT2D eigenvalue weighted by Crippen LogP contribution is -2.32. The minimum Gasteiger partial charge on any atom is -0.496 e. The van der Waals surface area contributed by atoms with Crippen molar-refractivity contribution in [3.05, 3.63) is 29.8 Å². The number of methoxy groups -OCH3 is 1. The molecule has 0 aliphatic heterocycles. The topological polar surface area (TPSA) is 75.6 Å². The summed E-state index contributed by atoms with van der Waals surface area (Å²) in [6.45, 7) is 0.587. The van der Waals surface area contributed by atoms with Crippen LogP contribution in [0.1, 0.15) is 36.0 Å². The number of amides is 1. The Morgan fingerprint density at radius 1 is 1.24 bits per heavy atom. The molecule has 0 aromatic heterocycles. The Balaban J connectivity index is 1.84. The average Bonchev–Trinajstić information content (AvgIpc) is 2.52. The van der Waals surface area contributed by atoms with Crippen molar-refractivity contribution in [2.24, 2.45) is 11.8 Å². The molecule has 1 fully saturated rings. The van der Waals surface area contributed by atoms with Crippen molar-refractivity contribution in [1.82, 2.24) is 5.32 Å². The summed E-state index contributed by atoms with van der Waals surface area (Å²) in [5, 5.41) is 11.9. The van der Waals surface area contributed by atoms with E-state index in [4.69, 9.17) is 9.84 Å². The first-order valence-electron chi connectivity index (χ1n) is 7.26. The van der Waals surface area contributed by atoms with Crippen molar-refractivity contribution >= 4 is 11.9 Å². The Labute approximate surface area is 124 Å². The van der Waals surface area contributed by atoms with Crippen LogP contribution >= 0.6 is 0 Å². The normalized spacial score (nSPS) is 21.6. The Morgan fingerprint density at radius 3 is 2.52 bits per heavy atom. The lowest BCUT2D eigenvalue weighted by atomic mass is 9.82. The van der Waals surface area contributed by atoms with Crippen molar-refractivity contribution in [3.8, 4) is 5.75 Å². The molecule has 1 aliphatic rings. The van der Waals surface area contributed by atoms with Crippen LogP contribution in [0, 0.1) is 11.8 Å². The van der Waals surface area contributed by atoms with E-state index in [1.54, 1.807) is 25.3 Å². The zero-order chi connectivity index (χ0) is 15.2. The van der Waals surface area contributed by atoms with Crippen molar-refractivity contribution in [2.75, 3.05) is 13.7 Å². The number of benzene rings is 1. The Hall–Kier alpha value is -2.04. The second-order valence-electron chi connectivity index (χ2n) is 5.47. The summed E-state index contributed by atoms with van der Waals surface area (Å²) in [7, 11) is 1.54. The molecule has 21 heavy (non-hydrogen) atoms. The van der Waals surface area contributed by atoms with E-state index >= 15 is 0 Å². The van der Waals surface area contributed by atoms with Crippen molar-refractivity contribution in [2.45, 2.75) is 25.7 Å². The van der Waals surface area contributed by atoms with Gasteiger partial charge in [0.05, 0.1) is 18.6 Å². The molecule has 1 aromatic rings. The summed E-state index contributed by atoms with van der Waals surface area (Å²) >= 11 is 0. The van der Waals surface area contributed by atoms with Gasteiger partial charge in [-0.2, -0.15) is 0 Å². The maximum atomic E-state index is 12.2. The number of hydrogen-bond acceptors (Lipinski definition) is 3. The molecule has 0 unspecified atom stereocenters. The number of carboxylic acids is 1. The van der Waals surface area contributed by atoms with Crippen LogP contribution in [0.15, 0.2) is 24.3 Å². The highest BCUT2D eigenvalue weighted by Crippen LogP contribution is 2.28. The largest absolute Gasteiger partial charge is 0.496 e. The number of ether oxygens (including phenoxy) is 1. The first kappa shape index (κ1) is 15.4. The van der Waals surface area contributed by atoms with E-state index in [1.165, 1.54) is 0 Å². The van der Waals surface area contributed by atoms with Gasteiger partial charge in [0.25, 0.3) is 5.91 Å². The number of carbonyl (C=O) groups excluding carboxylic acids is 1. The molecule has 1 aromatic carbocycles. The van der Waals surface area contributed by atoms with E-state index in [1.807, 2.05) is 6.07 Å². The molecule has 0 spiro atoms. The van der Waals surface area contributed by atoms with Gasteiger partial charge in [0.15, 0.2) is 0 Å².